The summed E-state index contributed by atoms with van der Waals surface area (Å²) in [7, 11) is 0. The van der Waals surface area contributed by atoms with Crippen molar-refractivity contribution < 1.29 is 17.9 Å². The summed E-state index contributed by atoms with van der Waals surface area (Å²) < 4.78 is 45.3. The molecule has 0 bridgehead atoms. The smallest absolute Gasteiger partial charge is 0.370 e. The molecule has 124 valence electrons. The van der Waals surface area contributed by atoms with Crippen molar-refractivity contribution in [2.45, 2.75) is 69.9 Å². The minimum Gasteiger partial charge on any atom is -0.370 e. The minimum atomic E-state index is -4.12. The Hall–Kier alpha value is -0.330. The van der Waals surface area contributed by atoms with Crippen LogP contribution in [-0.4, -0.2) is 48.0 Å². The van der Waals surface area contributed by atoms with Crippen LogP contribution >= 0.6 is 0 Å². The molecular formula is C15H27F3N2O. The van der Waals surface area contributed by atoms with E-state index in [-0.39, 0.29) is 31.1 Å². The number of alkyl halides is 3. The molecule has 2 N–H and O–H groups in total. The average Bonchev–Trinajstić information content (AvgIpc) is 2.35. The van der Waals surface area contributed by atoms with E-state index in [0.29, 0.717) is 19.5 Å². The van der Waals surface area contributed by atoms with Crippen molar-refractivity contribution in [1.82, 2.24) is 4.90 Å². The van der Waals surface area contributed by atoms with Crippen molar-refractivity contribution in [2.75, 3.05) is 19.6 Å². The first-order chi connectivity index (χ1) is 9.58. The molecule has 1 aliphatic carbocycles. The van der Waals surface area contributed by atoms with Gasteiger partial charge < -0.3 is 10.5 Å². The third kappa shape index (κ3) is 3.71. The van der Waals surface area contributed by atoms with Gasteiger partial charge in [0.15, 0.2) is 0 Å². The zero-order valence-corrected chi connectivity index (χ0v) is 13.2. The largest absolute Gasteiger partial charge is 0.391 e. The first-order valence-corrected chi connectivity index (χ1v) is 7.78. The Labute approximate surface area is 125 Å². The van der Waals surface area contributed by atoms with Crippen LogP contribution in [0.15, 0.2) is 0 Å². The van der Waals surface area contributed by atoms with Gasteiger partial charge in [0, 0.05) is 25.2 Å². The highest BCUT2D eigenvalue weighted by Crippen LogP contribution is 2.45. The van der Waals surface area contributed by atoms with Crippen molar-refractivity contribution >= 4 is 0 Å². The quantitative estimate of drug-likeness (QED) is 0.852. The van der Waals surface area contributed by atoms with Crippen LogP contribution in [-0.2, 0) is 4.74 Å². The lowest BCUT2D eigenvalue weighted by atomic mass is 9.73. The predicted octanol–water partition coefficient (Wildman–Crippen LogP) is 2.94. The number of halogens is 3. The van der Waals surface area contributed by atoms with Crippen molar-refractivity contribution in [1.29, 1.82) is 0 Å². The van der Waals surface area contributed by atoms with Crippen LogP contribution in [0.25, 0.3) is 0 Å². The summed E-state index contributed by atoms with van der Waals surface area (Å²) in [6.07, 6.45) is -2.41. The Kier molecular flexibility index (Phi) is 4.63. The van der Waals surface area contributed by atoms with E-state index in [0.717, 1.165) is 6.42 Å². The summed E-state index contributed by atoms with van der Waals surface area (Å²) in [6.45, 7) is 7.53. The van der Waals surface area contributed by atoms with Gasteiger partial charge in [-0.25, -0.2) is 0 Å². The van der Waals surface area contributed by atoms with Crippen LogP contribution in [0.2, 0.25) is 0 Å². The molecule has 3 unspecified atom stereocenters. The molecule has 0 aromatic rings. The first-order valence-electron chi connectivity index (χ1n) is 7.78. The topological polar surface area (TPSA) is 38.5 Å². The molecule has 0 aromatic carbocycles. The maximum Gasteiger partial charge on any atom is 0.391 e. The van der Waals surface area contributed by atoms with Gasteiger partial charge in [0.25, 0.3) is 0 Å². The fourth-order valence-electron chi connectivity index (χ4n) is 4.04. The summed E-state index contributed by atoms with van der Waals surface area (Å²) in [5, 5.41) is 0. The molecule has 2 aliphatic rings. The van der Waals surface area contributed by atoms with Gasteiger partial charge in [-0.3, -0.25) is 4.90 Å². The predicted molar refractivity (Wildman–Crippen MR) is 76.0 cm³/mol. The lowest BCUT2D eigenvalue weighted by Crippen LogP contribution is -2.65. The van der Waals surface area contributed by atoms with E-state index >= 15 is 0 Å². The third-order valence-electron chi connectivity index (χ3n) is 4.90. The number of nitrogens with zero attached hydrogens (tertiary/aromatic N) is 1. The molecule has 21 heavy (non-hydrogen) atoms. The SMILES string of the molecule is CC1CN(C2(CN)CCCC(C(F)(F)F)C2)CC(C)(C)O1. The average molecular weight is 308 g/mol. The number of ether oxygens (including phenoxy) is 1. The lowest BCUT2D eigenvalue weighted by Gasteiger charge is -2.54. The van der Waals surface area contributed by atoms with Gasteiger partial charge in [0.1, 0.15) is 0 Å². The number of hydrogen-bond acceptors (Lipinski definition) is 3. The Morgan fingerprint density at radius 3 is 2.52 bits per heavy atom. The Morgan fingerprint density at radius 2 is 2.00 bits per heavy atom. The van der Waals surface area contributed by atoms with Crippen molar-refractivity contribution in [2.24, 2.45) is 11.7 Å². The van der Waals surface area contributed by atoms with Crippen LogP contribution in [0.4, 0.5) is 13.2 Å². The van der Waals surface area contributed by atoms with Gasteiger partial charge in [-0.2, -0.15) is 13.2 Å². The molecule has 3 atom stereocenters. The highest BCUT2D eigenvalue weighted by atomic mass is 19.4. The second-order valence-electron chi connectivity index (χ2n) is 7.33. The van der Waals surface area contributed by atoms with Crippen LogP contribution < -0.4 is 5.73 Å². The summed E-state index contributed by atoms with van der Waals surface area (Å²) in [4.78, 5) is 2.17. The molecule has 3 nitrogen and oxygen atoms in total. The van der Waals surface area contributed by atoms with Crippen LogP contribution in [0.1, 0.15) is 46.5 Å². The zero-order chi connectivity index (χ0) is 15.9. The molecule has 6 heteroatoms. The molecule has 0 radical (unpaired) electrons. The van der Waals surface area contributed by atoms with E-state index < -0.39 is 17.6 Å². The molecule has 0 aromatic heterocycles. The van der Waals surface area contributed by atoms with Gasteiger partial charge in [0.05, 0.1) is 17.6 Å². The van der Waals surface area contributed by atoms with Crippen molar-refractivity contribution in [3.63, 3.8) is 0 Å². The lowest BCUT2D eigenvalue weighted by molar-refractivity contribution is -0.205. The first kappa shape index (κ1) is 17.0. The molecule has 1 heterocycles. The Morgan fingerprint density at radius 1 is 1.33 bits per heavy atom. The number of morpholine rings is 1. The summed E-state index contributed by atoms with van der Waals surface area (Å²) in [5.41, 5.74) is 5.08. The fraction of sp³-hybridized carbons (Fsp3) is 1.00. The molecule has 2 fully saturated rings. The highest BCUT2D eigenvalue weighted by Gasteiger charge is 2.51. The molecule has 1 saturated carbocycles. The maximum atomic E-state index is 13.1. The van der Waals surface area contributed by atoms with Crippen LogP contribution in [0.5, 0.6) is 0 Å². The minimum absolute atomic E-state index is 0.0171. The summed E-state index contributed by atoms with van der Waals surface area (Å²) in [5.74, 6) is -1.23. The molecule has 0 amide bonds. The van der Waals surface area contributed by atoms with Gasteiger partial charge in [0.2, 0.25) is 0 Å². The highest BCUT2D eigenvalue weighted by molar-refractivity contribution is 5.01. The molecular weight excluding hydrogens is 281 g/mol. The fourth-order valence-corrected chi connectivity index (χ4v) is 4.04. The molecule has 0 spiro atoms. The normalized spacial score (nSPS) is 38.4. The maximum absolute atomic E-state index is 13.1. The van der Waals surface area contributed by atoms with Crippen LogP contribution in [0, 0.1) is 5.92 Å². The summed E-state index contributed by atoms with van der Waals surface area (Å²) >= 11 is 0. The molecule has 2 rings (SSSR count). The molecule has 1 aliphatic heterocycles. The second kappa shape index (κ2) is 5.70. The van der Waals surface area contributed by atoms with E-state index in [4.69, 9.17) is 10.5 Å². The van der Waals surface area contributed by atoms with Gasteiger partial charge in [-0.15, -0.1) is 0 Å². The monoisotopic (exact) mass is 308 g/mol. The van der Waals surface area contributed by atoms with E-state index in [9.17, 15) is 13.2 Å². The zero-order valence-electron chi connectivity index (χ0n) is 13.2. The summed E-state index contributed by atoms with van der Waals surface area (Å²) in [6, 6.07) is 0. The Balaban J connectivity index is 2.20. The number of hydrogen-bond donors (Lipinski definition) is 1. The van der Waals surface area contributed by atoms with Crippen molar-refractivity contribution in [3.8, 4) is 0 Å². The molecule has 1 saturated heterocycles. The van der Waals surface area contributed by atoms with Gasteiger partial charge in [-0.1, -0.05) is 6.42 Å². The van der Waals surface area contributed by atoms with Crippen LogP contribution in [0.3, 0.4) is 0 Å². The van der Waals surface area contributed by atoms with E-state index in [1.54, 1.807) is 0 Å². The third-order valence-corrected chi connectivity index (χ3v) is 4.90. The number of rotatable bonds is 2. The second-order valence-corrected chi connectivity index (χ2v) is 7.33. The van der Waals surface area contributed by atoms with E-state index in [1.165, 1.54) is 0 Å². The number of nitrogens with two attached hydrogens (primary N) is 1. The van der Waals surface area contributed by atoms with Gasteiger partial charge >= 0.3 is 6.18 Å². The van der Waals surface area contributed by atoms with Crippen molar-refractivity contribution in [3.05, 3.63) is 0 Å². The standard InChI is InChI=1S/C15H27F3N2O/c1-11-8-20(10-13(2,3)21-11)14(9-19)6-4-5-12(7-14)15(16,17)18/h11-12H,4-10,19H2,1-3H3. The van der Waals surface area contributed by atoms with E-state index in [1.807, 2.05) is 20.8 Å². The Bertz CT molecular complexity index is 372. The van der Waals surface area contributed by atoms with Gasteiger partial charge in [-0.05, 0) is 40.0 Å². The van der Waals surface area contributed by atoms with E-state index in [2.05, 4.69) is 4.90 Å².